The van der Waals surface area contributed by atoms with Gasteiger partial charge < -0.3 is 9.72 Å². The molecule has 0 spiro atoms. The number of aromatic nitrogens is 1. The molecule has 0 saturated carbocycles. The summed E-state index contributed by atoms with van der Waals surface area (Å²) in [6, 6.07) is 19.7. The van der Waals surface area contributed by atoms with Gasteiger partial charge in [-0.15, -0.1) is 0 Å². The van der Waals surface area contributed by atoms with Gasteiger partial charge in [0.2, 0.25) is 0 Å². The van der Waals surface area contributed by atoms with Crippen LogP contribution in [0, 0.1) is 6.92 Å². The first-order valence-corrected chi connectivity index (χ1v) is 13.2. The fraction of sp³-hybridized carbons (Fsp3) is 0.167. The number of carbonyl (C=O) groups excluding carboxylic acids is 3. The Morgan fingerprint density at radius 1 is 1.00 bits per heavy atom. The van der Waals surface area contributed by atoms with E-state index < -0.39 is 41.5 Å². The monoisotopic (exact) mass is 590 g/mol. The second-order valence-corrected chi connectivity index (χ2v) is 10.4. The average molecular weight is 591 g/mol. The molecule has 12 heteroatoms. The van der Waals surface area contributed by atoms with Crippen LogP contribution in [0.3, 0.4) is 0 Å². The first-order chi connectivity index (χ1) is 20.0. The van der Waals surface area contributed by atoms with Crippen molar-refractivity contribution in [2.75, 3.05) is 0 Å². The van der Waals surface area contributed by atoms with Crippen LogP contribution in [0.25, 0.3) is 22.0 Å². The number of halogens is 3. The third-order valence-corrected chi connectivity index (χ3v) is 7.48. The Balaban J connectivity index is 1.53. The Hall–Kier alpha value is -4.90. The van der Waals surface area contributed by atoms with Gasteiger partial charge in [-0.3, -0.25) is 19.7 Å². The van der Waals surface area contributed by atoms with E-state index in [0.29, 0.717) is 37.6 Å². The van der Waals surface area contributed by atoms with Crippen molar-refractivity contribution in [2.24, 2.45) is 5.10 Å². The molecule has 0 bridgehead atoms. The van der Waals surface area contributed by atoms with Crippen molar-refractivity contribution in [3.05, 3.63) is 105 Å². The van der Waals surface area contributed by atoms with Gasteiger partial charge in [0, 0.05) is 27.9 Å². The zero-order valence-electron chi connectivity index (χ0n) is 21.9. The number of rotatable bonds is 5. The number of alkyl carbamates (subject to hydrolysis) is 1. The topological polar surface area (TPSA) is 121 Å². The molecule has 2 unspecified atom stereocenters. The van der Waals surface area contributed by atoms with Crippen LogP contribution in [0.2, 0.25) is 5.02 Å². The highest BCUT2D eigenvalue weighted by molar-refractivity contribution is 6.30. The summed E-state index contributed by atoms with van der Waals surface area (Å²) in [4.78, 5) is 53.3. The van der Waals surface area contributed by atoms with Gasteiger partial charge in [-0.2, -0.15) is 13.9 Å². The molecule has 1 saturated heterocycles. The summed E-state index contributed by atoms with van der Waals surface area (Å²) in [5.41, 5.74) is 2.65. The number of pyridine rings is 1. The van der Waals surface area contributed by atoms with E-state index in [9.17, 15) is 19.2 Å². The van der Waals surface area contributed by atoms with Crippen molar-refractivity contribution in [2.45, 2.75) is 31.4 Å². The highest BCUT2D eigenvalue weighted by Gasteiger charge is 2.60. The van der Waals surface area contributed by atoms with Crippen molar-refractivity contribution in [1.82, 2.24) is 15.3 Å². The molecule has 3 amide bonds. The number of hydrazone groups is 1. The number of alkyl halides is 2. The molecule has 42 heavy (non-hydrogen) atoms. The van der Waals surface area contributed by atoms with Crippen LogP contribution in [0.15, 0.2) is 82.7 Å². The van der Waals surface area contributed by atoms with Crippen LogP contribution in [0.4, 0.5) is 13.6 Å². The van der Waals surface area contributed by atoms with E-state index in [4.69, 9.17) is 11.6 Å². The molecule has 1 aromatic heterocycles. The minimum atomic E-state index is -4.45. The number of ether oxygens (including phenoxy) is 1. The number of para-hydroxylation sites is 1. The van der Waals surface area contributed by atoms with E-state index in [-0.39, 0.29) is 17.7 Å². The molecule has 3 aromatic carbocycles. The number of aromatic amines is 1. The van der Waals surface area contributed by atoms with Gasteiger partial charge in [0.15, 0.2) is 0 Å². The first-order valence-electron chi connectivity index (χ1n) is 12.8. The van der Waals surface area contributed by atoms with Gasteiger partial charge in [0.1, 0.15) is 0 Å². The maximum absolute atomic E-state index is 15.5. The number of hydrogen-bond donors (Lipinski definition) is 2. The summed E-state index contributed by atoms with van der Waals surface area (Å²) < 4.78 is 35.4. The summed E-state index contributed by atoms with van der Waals surface area (Å²) >= 11 is 6.12. The van der Waals surface area contributed by atoms with E-state index in [2.05, 4.69) is 14.8 Å². The number of aryl methyl sites for hydroxylation is 1. The van der Waals surface area contributed by atoms with Crippen LogP contribution in [-0.4, -0.2) is 45.6 Å². The van der Waals surface area contributed by atoms with Crippen LogP contribution >= 0.6 is 11.6 Å². The Labute approximate surface area is 241 Å². The number of cyclic esters (lactones) is 1. The normalized spacial score (nSPS) is 18.7. The molecular weight excluding hydrogens is 570 g/mol. The van der Waals surface area contributed by atoms with Gasteiger partial charge >= 0.3 is 17.9 Å². The number of carbonyl (C=O) groups is 3. The first kappa shape index (κ1) is 27.3. The standard InChI is InChI=1S/C30H21ClF2N4O5/c1-15-6-8-16(9-7-15)22-14-21(36-37(22)28(40)30(32,33)25-27(39)35-29(41)42-25)24-23(17-10-12-18(31)13-11-17)19-4-2-3-5-20(19)34-26(24)38/h2-13,22,25H,14H2,1H3,(H,34,38)(H,35,39,41). The fourth-order valence-corrected chi connectivity index (χ4v) is 5.32. The molecular formula is C30H21ClF2N4O5. The number of amides is 3. The highest BCUT2D eigenvalue weighted by Crippen LogP contribution is 2.40. The Morgan fingerprint density at radius 3 is 2.36 bits per heavy atom. The molecule has 1 fully saturated rings. The fourth-order valence-electron chi connectivity index (χ4n) is 5.19. The van der Waals surface area contributed by atoms with Crippen molar-refractivity contribution < 1.29 is 27.9 Å². The zero-order valence-corrected chi connectivity index (χ0v) is 22.6. The number of nitrogens with one attached hydrogen (secondary N) is 2. The highest BCUT2D eigenvalue weighted by atomic mass is 35.5. The summed E-state index contributed by atoms with van der Waals surface area (Å²) in [6.07, 6.45) is -4.14. The Kier molecular flexibility index (Phi) is 6.61. The third-order valence-electron chi connectivity index (χ3n) is 7.23. The van der Waals surface area contributed by atoms with E-state index in [1.54, 1.807) is 78.1 Å². The Bertz CT molecular complexity index is 1850. The van der Waals surface area contributed by atoms with E-state index in [1.807, 2.05) is 6.92 Å². The SMILES string of the molecule is Cc1ccc(C2CC(c3c(-c4ccc(Cl)cc4)c4ccccc4[nH]c3=O)=NN2C(=O)C(F)(F)C2OC(=O)NC2=O)cc1. The second kappa shape index (κ2) is 10.2. The lowest BCUT2D eigenvalue weighted by molar-refractivity contribution is -0.176. The van der Waals surface area contributed by atoms with Crippen LogP contribution in [0.5, 0.6) is 0 Å². The lowest BCUT2D eigenvalue weighted by Gasteiger charge is -2.27. The summed E-state index contributed by atoms with van der Waals surface area (Å²) in [5.74, 6) is -7.75. The minimum Gasteiger partial charge on any atom is -0.429 e. The third kappa shape index (κ3) is 4.61. The molecule has 4 aromatic rings. The molecule has 3 heterocycles. The maximum Gasteiger partial charge on any atom is 0.414 e. The number of H-pyrrole nitrogens is 1. The summed E-state index contributed by atoms with van der Waals surface area (Å²) in [5, 5.41) is 7.61. The predicted molar refractivity (Wildman–Crippen MR) is 150 cm³/mol. The van der Waals surface area contributed by atoms with E-state index in [1.165, 1.54) is 0 Å². The molecule has 9 nitrogen and oxygen atoms in total. The quantitative estimate of drug-likeness (QED) is 0.335. The molecule has 2 atom stereocenters. The van der Waals surface area contributed by atoms with Crippen molar-refractivity contribution in [3.8, 4) is 11.1 Å². The van der Waals surface area contributed by atoms with Crippen LogP contribution in [-0.2, 0) is 14.3 Å². The largest absolute Gasteiger partial charge is 0.429 e. The molecule has 6 rings (SSSR count). The van der Waals surface area contributed by atoms with Crippen molar-refractivity contribution in [1.29, 1.82) is 0 Å². The minimum absolute atomic E-state index is 0.0783. The summed E-state index contributed by atoms with van der Waals surface area (Å²) in [7, 11) is 0. The van der Waals surface area contributed by atoms with Gasteiger partial charge in [-0.1, -0.05) is 71.8 Å². The van der Waals surface area contributed by atoms with Gasteiger partial charge in [0.25, 0.3) is 17.6 Å². The predicted octanol–water partition coefficient (Wildman–Crippen LogP) is 5.10. The molecule has 212 valence electrons. The molecule has 2 N–H and O–H groups in total. The molecule has 2 aliphatic heterocycles. The second-order valence-electron chi connectivity index (χ2n) is 9.98. The van der Waals surface area contributed by atoms with Crippen LogP contribution < -0.4 is 10.9 Å². The maximum atomic E-state index is 15.5. The number of hydrogen-bond acceptors (Lipinski definition) is 6. The smallest absolute Gasteiger partial charge is 0.414 e. The van der Waals surface area contributed by atoms with Crippen LogP contribution in [0.1, 0.15) is 29.2 Å². The molecule has 2 aliphatic rings. The van der Waals surface area contributed by atoms with E-state index in [0.717, 1.165) is 5.56 Å². The zero-order chi connectivity index (χ0) is 29.8. The number of imide groups is 1. The number of nitrogens with zero attached hydrogens (tertiary/aromatic N) is 2. The molecule has 0 aliphatic carbocycles. The average Bonchev–Trinajstić information content (AvgIpc) is 3.55. The van der Waals surface area contributed by atoms with Gasteiger partial charge in [-0.25, -0.2) is 9.80 Å². The number of benzene rings is 3. The molecule has 0 radical (unpaired) electrons. The van der Waals surface area contributed by atoms with Gasteiger partial charge in [0.05, 0.1) is 17.3 Å². The lowest BCUT2D eigenvalue weighted by atomic mass is 9.91. The number of fused-ring (bicyclic) bond motifs is 1. The Morgan fingerprint density at radius 2 is 1.69 bits per heavy atom. The van der Waals surface area contributed by atoms with E-state index >= 15 is 8.78 Å². The lowest BCUT2D eigenvalue weighted by Crippen LogP contribution is -2.51. The van der Waals surface area contributed by atoms with Gasteiger partial charge in [-0.05, 0) is 36.2 Å². The summed E-state index contributed by atoms with van der Waals surface area (Å²) in [6.45, 7) is 1.84. The van der Waals surface area contributed by atoms with Crippen molar-refractivity contribution >= 4 is 46.1 Å². The van der Waals surface area contributed by atoms with Crippen molar-refractivity contribution in [3.63, 3.8) is 0 Å².